The third-order valence-corrected chi connectivity index (χ3v) is 9.31. The average Bonchev–Trinajstić information content (AvgIpc) is 2.88. The minimum atomic E-state index is -2.16. The predicted molar refractivity (Wildman–Crippen MR) is 143 cm³/mol. The highest BCUT2D eigenvalue weighted by atomic mass is 127. The summed E-state index contributed by atoms with van der Waals surface area (Å²) in [5, 5.41) is 64.2. The van der Waals surface area contributed by atoms with Crippen LogP contribution in [0.5, 0.6) is 11.5 Å². The second-order valence-corrected chi connectivity index (χ2v) is 11.4. The second kappa shape index (κ2) is 10.3. The van der Waals surface area contributed by atoms with Crippen molar-refractivity contribution in [3.63, 3.8) is 0 Å². The van der Waals surface area contributed by atoms with Crippen molar-refractivity contribution in [2.24, 2.45) is 0 Å². The van der Waals surface area contributed by atoms with E-state index in [2.05, 4.69) is 13.2 Å². The zero-order valence-electron chi connectivity index (χ0n) is 20.6. The molecular weight excluding hydrogens is 611 g/mol. The summed E-state index contributed by atoms with van der Waals surface area (Å²) in [5.41, 5.74) is -3.32. The summed E-state index contributed by atoms with van der Waals surface area (Å²) in [7, 11) is 0. The maximum atomic E-state index is 13.4. The zero-order chi connectivity index (χ0) is 28.3. The lowest BCUT2D eigenvalue weighted by Gasteiger charge is -2.43. The number of fused-ring (bicyclic) bond motifs is 2. The number of rotatable bonds is 6. The first-order valence-electron chi connectivity index (χ1n) is 12.0. The normalized spacial score (nSPS) is 33.0. The Bertz CT molecular complexity index is 1280. The largest absolute Gasteiger partial charge is 0.507 e. The molecule has 6 N–H and O–H groups in total. The van der Waals surface area contributed by atoms with Crippen molar-refractivity contribution in [1.82, 2.24) is 0 Å². The molecule has 0 spiro atoms. The van der Waals surface area contributed by atoms with Gasteiger partial charge in [-0.25, -0.2) is 0 Å². The first kappa shape index (κ1) is 28.6. The van der Waals surface area contributed by atoms with Gasteiger partial charge in [0.15, 0.2) is 17.3 Å². The molecule has 1 aliphatic heterocycles. The molecule has 11 heteroatoms. The molecule has 204 valence electrons. The van der Waals surface area contributed by atoms with E-state index >= 15 is 0 Å². The summed E-state index contributed by atoms with van der Waals surface area (Å²) < 4.78 is 5.29. The molecule has 1 saturated heterocycles. The molecule has 1 aromatic carbocycles. The van der Waals surface area contributed by atoms with Gasteiger partial charge in [-0.15, -0.1) is 0 Å². The number of carbonyl (C=O) groups excluding carboxylic acids is 3. The van der Waals surface area contributed by atoms with Crippen LogP contribution in [0.1, 0.15) is 57.5 Å². The molecule has 0 unspecified atom stereocenters. The van der Waals surface area contributed by atoms with Crippen LogP contribution < -0.4 is 0 Å². The van der Waals surface area contributed by atoms with Gasteiger partial charge in [-0.1, -0.05) is 47.9 Å². The Balaban J connectivity index is 1.93. The molecule has 0 aromatic heterocycles. The summed E-state index contributed by atoms with van der Waals surface area (Å²) >= 11 is 1.92. The fourth-order valence-corrected chi connectivity index (χ4v) is 6.68. The van der Waals surface area contributed by atoms with Crippen molar-refractivity contribution < 1.29 is 49.8 Å². The number of benzene rings is 1. The zero-order valence-corrected chi connectivity index (χ0v) is 22.7. The number of alkyl halides is 1. The Morgan fingerprint density at radius 1 is 1.08 bits per heavy atom. The SMILES string of the molecule is C=CC1=C(C=C)C(=O)c2c(O)c3c(c(O)c2C1=O)C[C@@](O)(C(=O)CO)C[C@@H]3C[C@@H]1O[C@@H](C)[C@H](O)[C@@H](O)[C@H]1I. The maximum Gasteiger partial charge on any atom is 0.198 e. The molecule has 38 heavy (non-hydrogen) atoms. The molecule has 10 nitrogen and oxygen atoms in total. The monoisotopic (exact) mass is 640 g/mol. The number of allylic oxidation sites excluding steroid dienone is 4. The highest BCUT2D eigenvalue weighted by Gasteiger charge is 2.50. The number of halogens is 1. The van der Waals surface area contributed by atoms with E-state index in [9.17, 15) is 45.0 Å². The van der Waals surface area contributed by atoms with Gasteiger partial charge in [0.1, 0.15) is 29.8 Å². The van der Waals surface area contributed by atoms with E-state index in [1.807, 2.05) is 22.6 Å². The Hall–Kier alpha value is -2.42. The standard InChI is InChI=1S/C27H29IO10/c1-4-12-13(5-2)23(33)19-18(22(12)32)24(34)14-8-27(37,16(30)9-29)7-11(17(14)25(19)35)6-15-20(28)26(36)21(31)10(3)38-15/h4-5,10-11,15,20-21,26,29,31,34-37H,1-2,6-9H2,3H3/t10-,11-,15-,20-,21-,26-,27+/m0/s1. The third kappa shape index (κ3) is 4.25. The molecule has 0 radical (unpaired) electrons. The van der Waals surface area contributed by atoms with Crippen molar-refractivity contribution in [2.75, 3.05) is 6.61 Å². The predicted octanol–water partition coefficient (Wildman–Crippen LogP) is 1.17. The number of aliphatic hydroxyl groups excluding tert-OH is 3. The van der Waals surface area contributed by atoms with E-state index in [1.165, 1.54) is 0 Å². The minimum absolute atomic E-state index is 0.00569. The van der Waals surface area contributed by atoms with Gasteiger partial charge in [0, 0.05) is 28.7 Å². The van der Waals surface area contributed by atoms with Crippen LogP contribution in [-0.2, 0) is 16.0 Å². The van der Waals surface area contributed by atoms with Crippen LogP contribution >= 0.6 is 22.6 Å². The van der Waals surface area contributed by atoms with E-state index in [4.69, 9.17) is 4.74 Å². The van der Waals surface area contributed by atoms with Crippen molar-refractivity contribution in [2.45, 2.75) is 66.0 Å². The number of hydrogen-bond donors (Lipinski definition) is 6. The molecule has 0 amide bonds. The van der Waals surface area contributed by atoms with Gasteiger partial charge in [0.2, 0.25) is 0 Å². The molecule has 1 heterocycles. The van der Waals surface area contributed by atoms with Gasteiger partial charge in [-0.3, -0.25) is 14.4 Å². The molecule has 1 aromatic rings. The van der Waals surface area contributed by atoms with Gasteiger partial charge in [0.05, 0.1) is 33.4 Å². The molecule has 0 saturated carbocycles. The van der Waals surface area contributed by atoms with Crippen molar-refractivity contribution in [3.8, 4) is 11.5 Å². The topological polar surface area (TPSA) is 182 Å². The Morgan fingerprint density at radius 3 is 2.16 bits per heavy atom. The number of ether oxygens (including phenoxy) is 1. The first-order valence-corrected chi connectivity index (χ1v) is 13.3. The number of carbonyl (C=O) groups is 3. The number of Topliss-reactive ketones (excluding diaryl/α,β-unsaturated/α-hetero) is 3. The number of ketones is 3. The summed E-state index contributed by atoms with van der Waals surface area (Å²) in [5.74, 6) is -4.61. The van der Waals surface area contributed by atoms with Crippen LogP contribution in [0.3, 0.4) is 0 Å². The van der Waals surface area contributed by atoms with Crippen molar-refractivity contribution in [3.05, 3.63) is 58.7 Å². The van der Waals surface area contributed by atoms with Crippen LogP contribution in [0.15, 0.2) is 36.5 Å². The van der Waals surface area contributed by atoms with E-state index < -0.39 is 92.9 Å². The van der Waals surface area contributed by atoms with Crippen LogP contribution in [-0.4, -0.2) is 88.5 Å². The molecular formula is C27H29IO10. The quantitative estimate of drug-likeness (QED) is 0.150. The van der Waals surface area contributed by atoms with Crippen LogP contribution in [0.4, 0.5) is 0 Å². The van der Waals surface area contributed by atoms with E-state index in [-0.39, 0.29) is 35.1 Å². The smallest absolute Gasteiger partial charge is 0.198 e. The van der Waals surface area contributed by atoms with Crippen LogP contribution in [0.2, 0.25) is 0 Å². The fraction of sp³-hybridized carbons (Fsp3) is 0.444. The first-order chi connectivity index (χ1) is 17.8. The lowest BCUT2D eigenvalue weighted by molar-refractivity contribution is -0.158. The highest BCUT2D eigenvalue weighted by molar-refractivity contribution is 14.1. The minimum Gasteiger partial charge on any atom is -0.507 e. The maximum absolute atomic E-state index is 13.4. The Labute approximate surface area is 232 Å². The number of phenolic OH excluding ortho intramolecular Hbond substituents is 2. The third-order valence-electron chi connectivity index (χ3n) is 7.77. The van der Waals surface area contributed by atoms with Gasteiger partial charge < -0.3 is 35.4 Å². The van der Waals surface area contributed by atoms with Crippen LogP contribution in [0, 0.1) is 0 Å². The Kier molecular flexibility index (Phi) is 7.73. The van der Waals surface area contributed by atoms with Crippen molar-refractivity contribution in [1.29, 1.82) is 0 Å². The van der Waals surface area contributed by atoms with E-state index in [0.29, 0.717) is 0 Å². The lowest BCUT2D eigenvalue weighted by Crippen LogP contribution is -2.55. The van der Waals surface area contributed by atoms with E-state index in [1.54, 1.807) is 6.92 Å². The van der Waals surface area contributed by atoms with E-state index in [0.717, 1.165) is 12.2 Å². The molecule has 3 aliphatic rings. The average molecular weight is 640 g/mol. The molecule has 7 atom stereocenters. The second-order valence-electron chi connectivity index (χ2n) is 9.96. The number of aromatic hydroxyl groups is 2. The summed E-state index contributed by atoms with van der Waals surface area (Å²) in [6.45, 7) is 7.71. The molecule has 2 aliphatic carbocycles. The summed E-state index contributed by atoms with van der Waals surface area (Å²) in [6, 6.07) is 0. The van der Waals surface area contributed by atoms with Crippen LogP contribution in [0.25, 0.3) is 0 Å². The Morgan fingerprint density at radius 2 is 1.63 bits per heavy atom. The van der Waals surface area contributed by atoms with Gasteiger partial charge in [-0.2, -0.15) is 0 Å². The number of aliphatic hydroxyl groups is 4. The highest BCUT2D eigenvalue weighted by Crippen LogP contribution is 2.53. The van der Waals surface area contributed by atoms with Gasteiger partial charge >= 0.3 is 0 Å². The number of phenols is 2. The molecule has 1 fully saturated rings. The molecule has 4 rings (SSSR count). The number of hydrogen-bond acceptors (Lipinski definition) is 10. The summed E-state index contributed by atoms with van der Waals surface area (Å²) in [4.78, 5) is 39.3. The fourth-order valence-electron chi connectivity index (χ4n) is 5.79. The molecule has 0 bridgehead atoms. The van der Waals surface area contributed by atoms with Gasteiger partial charge in [0.25, 0.3) is 0 Å². The summed E-state index contributed by atoms with van der Waals surface area (Å²) in [6.07, 6.45) is -2.27. The lowest BCUT2D eigenvalue weighted by atomic mass is 9.67. The van der Waals surface area contributed by atoms with Crippen molar-refractivity contribution >= 4 is 39.9 Å². The van der Waals surface area contributed by atoms with Gasteiger partial charge in [-0.05, 0) is 25.7 Å².